The molecule has 0 fully saturated rings. The molecular formula is C55H46N3+. The highest BCUT2D eigenvalue weighted by Gasteiger charge is 2.35. The van der Waals surface area contributed by atoms with Crippen LogP contribution in [0, 0.1) is 0 Å². The molecular weight excluding hydrogens is 703 g/mol. The number of para-hydroxylation sites is 4. The van der Waals surface area contributed by atoms with Crippen LogP contribution in [0.4, 0.5) is 17.1 Å². The van der Waals surface area contributed by atoms with Crippen molar-refractivity contribution in [2.75, 3.05) is 0 Å². The molecule has 280 valence electrons. The summed E-state index contributed by atoms with van der Waals surface area (Å²) in [6.07, 6.45) is 3.29. The van der Waals surface area contributed by atoms with Gasteiger partial charge in [0.15, 0.2) is 0 Å². The number of H-pyrrole nitrogens is 1. The predicted octanol–water partition coefficient (Wildman–Crippen LogP) is 14.4. The highest BCUT2D eigenvalue weighted by atomic mass is 15.2. The first-order valence-electron chi connectivity index (χ1n) is 21.0. The Morgan fingerprint density at radius 1 is 0.500 bits per heavy atom. The van der Waals surface area contributed by atoms with Gasteiger partial charge in [-0.25, -0.2) is 4.90 Å². The van der Waals surface area contributed by atoms with E-state index >= 15 is 0 Å². The van der Waals surface area contributed by atoms with Gasteiger partial charge in [0.1, 0.15) is 17.1 Å². The lowest BCUT2D eigenvalue weighted by atomic mass is 9.96. The summed E-state index contributed by atoms with van der Waals surface area (Å²) in [6, 6.07) is 63.6. The van der Waals surface area contributed by atoms with Crippen molar-refractivity contribution in [3.8, 4) is 39.1 Å². The van der Waals surface area contributed by atoms with Gasteiger partial charge in [-0.1, -0.05) is 112 Å². The molecule has 0 saturated carbocycles. The Balaban J connectivity index is 1.00. The van der Waals surface area contributed by atoms with E-state index in [0.29, 0.717) is 5.92 Å². The molecule has 8 aromatic carbocycles. The molecule has 0 radical (unpaired) electrons. The molecule has 3 nitrogen and oxygen atoms in total. The average molecular weight is 749 g/mol. The number of fused-ring (bicyclic) bond motifs is 9. The molecule has 0 spiro atoms. The highest BCUT2D eigenvalue weighted by Crippen LogP contribution is 2.43. The van der Waals surface area contributed by atoms with Crippen LogP contribution in [0.25, 0.3) is 82.7 Å². The zero-order valence-electron chi connectivity index (χ0n) is 33.3. The summed E-state index contributed by atoms with van der Waals surface area (Å²) in [5.74, 6) is 0.492. The third kappa shape index (κ3) is 5.38. The van der Waals surface area contributed by atoms with E-state index in [0.717, 1.165) is 30.3 Å². The van der Waals surface area contributed by atoms with Gasteiger partial charge >= 0.3 is 0 Å². The number of rotatable bonds is 8. The number of aromatic nitrogens is 2. The third-order valence-electron chi connectivity index (χ3n) is 12.8. The van der Waals surface area contributed by atoms with Gasteiger partial charge in [-0.05, 0) is 113 Å². The Kier molecular flexibility index (Phi) is 8.20. The van der Waals surface area contributed by atoms with Crippen LogP contribution in [0.2, 0.25) is 0 Å². The van der Waals surface area contributed by atoms with E-state index in [9.17, 15) is 0 Å². The molecule has 2 aromatic heterocycles. The third-order valence-corrected chi connectivity index (χ3v) is 12.8. The van der Waals surface area contributed by atoms with E-state index in [-0.39, 0.29) is 0 Å². The van der Waals surface area contributed by atoms with Crippen LogP contribution in [-0.4, -0.2) is 9.55 Å². The summed E-state index contributed by atoms with van der Waals surface area (Å²) >= 11 is 0. The first-order valence-corrected chi connectivity index (χ1v) is 21.0. The van der Waals surface area contributed by atoms with Gasteiger partial charge in [0.25, 0.3) is 0 Å². The molecule has 2 N–H and O–H groups in total. The fourth-order valence-electron chi connectivity index (χ4n) is 9.79. The van der Waals surface area contributed by atoms with Crippen molar-refractivity contribution in [2.24, 2.45) is 0 Å². The van der Waals surface area contributed by atoms with Crippen LogP contribution >= 0.6 is 0 Å². The highest BCUT2D eigenvalue weighted by molar-refractivity contribution is 6.12. The van der Waals surface area contributed by atoms with Crippen molar-refractivity contribution in [2.45, 2.75) is 46.0 Å². The topological polar surface area (TPSA) is 25.2 Å². The molecule has 3 heterocycles. The molecule has 10 aromatic rings. The van der Waals surface area contributed by atoms with Gasteiger partial charge in [0, 0.05) is 67.6 Å². The number of hydrogen-bond acceptors (Lipinski definition) is 0. The van der Waals surface area contributed by atoms with Gasteiger partial charge in [0.2, 0.25) is 0 Å². The smallest absolute Gasteiger partial charge is 0.149 e. The minimum Gasteiger partial charge on any atom is -0.355 e. The van der Waals surface area contributed by atoms with E-state index < -0.39 is 0 Å². The van der Waals surface area contributed by atoms with Gasteiger partial charge in [-0.15, -0.1) is 0 Å². The molecule has 0 amide bonds. The number of aryl methyl sites for hydroxylation is 1. The van der Waals surface area contributed by atoms with E-state index in [2.05, 4.69) is 200 Å². The quantitative estimate of drug-likeness (QED) is 0.155. The molecule has 58 heavy (non-hydrogen) atoms. The van der Waals surface area contributed by atoms with Gasteiger partial charge < -0.3 is 9.55 Å². The number of benzene rings is 8. The standard InChI is InChI=1S/C55H45N3/c1-4-14-36-15-6-10-19-50(36)57-52-21-12-8-17-42(52)46-33-39(25-29-54(46)57)37-23-27-48-44(31-37)45-32-38(24-28-49(45)56-48)40-26-30-55-47(34-40)43-18-9-13-22-53(43)58(55)51-20-11-7-16-41(51)35(3)5-2/h6-13,15-35,56H,4-5,14H2,1-3H3/p+1. The predicted molar refractivity (Wildman–Crippen MR) is 246 cm³/mol. The average Bonchev–Trinajstić information content (AvgIpc) is 3.93. The number of nitrogens with one attached hydrogen (secondary N) is 2. The lowest BCUT2D eigenvalue weighted by Gasteiger charge is -2.20. The number of quaternary nitrogens is 1. The Hall–Kier alpha value is -6.68. The number of aromatic amines is 1. The molecule has 0 saturated heterocycles. The van der Waals surface area contributed by atoms with Crippen LogP contribution in [0.1, 0.15) is 50.7 Å². The molecule has 0 aliphatic carbocycles. The molecule has 3 heteroatoms. The SMILES string of the molecule is CCCc1ccccc1-n1c2ccccc2c2cc(-c3ccc4[nH]c5ccc(-c6ccc7c(c6)-c6ccccc6[NH+]7c6ccccc6C(C)CC)cc5c4c3)ccc21. The molecule has 1 aliphatic rings. The maximum Gasteiger partial charge on any atom is 0.149 e. The normalized spacial score (nSPS) is 14.1. The van der Waals surface area contributed by atoms with Crippen molar-refractivity contribution in [1.82, 2.24) is 9.55 Å². The molecule has 11 rings (SSSR count). The van der Waals surface area contributed by atoms with Gasteiger partial charge in [0.05, 0.1) is 16.6 Å². The van der Waals surface area contributed by atoms with Crippen LogP contribution in [0.3, 0.4) is 0 Å². The lowest BCUT2D eigenvalue weighted by Crippen LogP contribution is -2.96. The Bertz CT molecular complexity index is 3210. The Morgan fingerprint density at radius 3 is 1.86 bits per heavy atom. The Morgan fingerprint density at radius 2 is 1.09 bits per heavy atom. The van der Waals surface area contributed by atoms with E-state index in [4.69, 9.17) is 0 Å². The van der Waals surface area contributed by atoms with Crippen LogP contribution in [0.15, 0.2) is 170 Å². The molecule has 2 atom stereocenters. The second-order valence-electron chi connectivity index (χ2n) is 16.2. The maximum absolute atomic E-state index is 3.72. The van der Waals surface area contributed by atoms with Crippen molar-refractivity contribution >= 4 is 60.7 Å². The first-order chi connectivity index (χ1) is 28.6. The van der Waals surface area contributed by atoms with Crippen LogP contribution < -0.4 is 4.90 Å². The maximum atomic E-state index is 3.72. The minimum absolute atomic E-state index is 0.492. The Labute approximate surface area is 339 Å². The second-order valence-corrected chi connectivity index (χ2v) is 16.2. The minimum atomic E-state index is 0.492. The lowest BCUT2D eigenvalue weighted by molar-refractivity contribution is -0.677. The molecule has 1 aliphatic heterocycles. The van der Waals surface area contributed by atoms with E-state index in [1.54, 1.807) is 0 Å². The van der Waals surface area contributed by atoms with Crippen molar-refractivity contribution < 1.29 is 4.90 Å². The molecule has 2 unspecified atom stereocenters. The van der Waals surface area contributed by atoms with Crippen molar-refractivity contribution in [1.29, 1.82) is 0 Å². The fraction of sp³-hybridized carbons (Fsp3) is 0.127. The zero-order chi connectivity index (χ0) is 38.9. The number of hydrogen-bond donors (Lipinski definition) is 2. The summed E-state index contributed by atoms with van der Waals surface area (Å²) in [5, 5.41) is 5.05. The summed E-state index contributed by atoms with van der Waals surface area (Å²) in [6.45, 7) is 6.89. The fourth-order valence-corrected chi connectivity index (χ4v) is 9.79. The first kappa shape index (κ1) is 34.6. The summed E-state index contributed by atoms with van der Waals surface area (Å²) in [7, 11) is 0. The van der Waals surface area contributed by atoms with Crippen molar-refractivity contribution in [3.05, 3.63) is 181 Å². The number of nitrogens with zero attached hydrogens (tertiary/aromatic N) is 1. The summed E-state index contributed by atoms with van der Waals surface area (Å²) in [5.41, 5.74) is 20.4. The van der Waals surface area contributed by atoms with E-state index in [1.165, 1.54) is 105 Å². The van der Waals surface area contributed by atoms with Crippen LogP contribution in [0.5, 0.6) is 0 Å². The monoisotopic (exact) mass is 748 g/mol. The van der Waals surface area contributed by atoms with Crippen LogP contribution in [-0.2, 0) is 6.42 Å². The summed E-state index contributed by atoms with van der Waals surface area (Å²) in [4.78, 5) is 5.08. The molecule has 0 bridgehead atoms. The largest absolute Gasteiger partial charge is 0.355 e. The van der Waals surface area contributed by atoms with Gasteiger partial charge in [-0.3, -0.25) is 0 Å². The summed E-state index contributed by atoms with van der Waals surface area (Å²) < 4.78 is 2.46. The van der Waals surface area contributed by atoms with E-state index in [1.807, 2.05) is 0 Å². The second kappa shape index (κ2) is 13.8. The van der Waals surface area contributed by atoms with Gasteiger partial charge in [-0.2, -0.15) is 0 Å². The zero-order valence-corrected chi connectivity index (χ0v) is 33.3. The van der Waals surface area contributed by atoms with Crippen molar-refractivity contribution in [3.63, 3.8) is 0 Å².